The van der Waals surface area contributed by atoms with Gasteiger partial charge in [0.15, 0.2) is 0 Å². The summed E-state index contributed by atoms with van der Waals surface area (Å²) >= 11 is 0. The normalized spacial score (nSPS) is 10.2. The number of para-hydroxylation sites is 1. The minimum Gasteiger partial charge on any atom is -0.466 e. The van der Waals surface area contributed by atoms with Gasteiger partial charge in [-0.2, -0.15) is 0 Å². The van der Waals surface area contributed by atoms with Crippen molar-refractivity contribution in [2.24, 2.45) is 0 Å². The predicted molar refractivity (Wildman–Crippen MR) is 75.0 cm³/mol. The lowest BCUT2D eigenvalue weighted by Crippen LogP contribution is -2.20. The van der Waals surface area contributed by atoms with Gasteiger partial charge in [0.05, 0.1) is 6.61 Å². The van der Waals surface area contributed by atoms with Gasteiger partial charge in [-0.25, -0.2) is 0 Å². The summed E-state index contributed by atoms with van der Waals surface area (Å²) in [6, 6.07) is 8.39. The molecule has 3 nitrogen and oxygen atoms in total. The molecule has 1 aromatic carbocycles. The van der Waals surface area contributed by atoms with E-state index in [0.717, 1.165) is 19.4 Å². The summed E-state index contributed by atoms with van der Waals surface area (Å²) in [6.45, 7) is 5.33. The number of benzene rings is 1. The molecule has 0 fully saturated rings. The molecule has 0 radical (unpaired) electrons. The number of ether oxygens (including phenoxy) is 1. The van der Waals surface area contributed by atoms with E-state index in [1.54, 1.807) is 0 Å². The molecule has 0 spiro atoms. The summed E-state index contributed by atoms with van der Waals surface area (Å²) in [5.41, 5.74) is 2.60. The highest BCUT2D eigenvalue weighted by molar-refractivity contribution is 5.69. The molecule has 0 aliphatic rings. The minimum atomic E-state index is -0.102. The van der Waals surface area contributed by atoms with Gasteiger partial charge < -0.3 is 9.64 Å². The first-order valence-corrected chi connectivity index (χ1v) is 6.63. The van der Waals surface area contributed by atoms with Crippen molar-refractivity contribution in [3.05, 3.63) is 29.8 Å². The van der Waals surface area contributed by atoms with Gasteiger partial charge in [0.1, 0.15) is 0 Å². The van der Waals surface area contributed by atoms with Crippen LogP contribution in [0.25, 0.3) is 0 Å². The van der Waals surface area contributed by atoms with Gasteiger partial charge in [0.25, 0.3) is 0 Å². The number of anilines is 1. The lowest BCUT2D eigenvalue weighted by atomic mass is 10.1. The number of rotatable bonds is 7. The van der Waals surface area contributed by atoms with Crippen LogP contribution in [0.3, 0.4) is 0 Å². The van der Waals surface area contributed by atoms with Crippen molar-refractivity contribution < 1.29 is 9.53 Å². The fourth-order valence-electron chi connectivity index (χ4n) is 2.00. The Labute approximate surface area is 110 Å². The number of carbonyl (C=O) groups excluding carboxylic acids is 1. The summed E-state index contributed by atoms with van der Waals surface area (Å²) in [5, 5.41) is 0. The van der Waals surface area contributed by atoms with Crippen molar-refractivity contribution in [3.63, 3.8) is 0 Å². The van der Waals surface area contributed by atoms with E-state index in [9.17, 15) is 4.79 Å². The molecule has 0 bridgehead atoms. The van der Waals surface area contributed by atoms with Crippen LogP contribution in [-0.4, -0.2) is 26.2 Å². The van der Waals surface area contributed by atoms with Crippen molar-refractivity contribution in [3.8, 4) is 0 Å². The Bertz CT molecular complexity index is 377. The van der Waals surface area contributed by atoms with Crippen LogP contribution < -0.4 is 4.90 Å². The minimum absolute atomic E-state index is 0.102. The number of nitrogens with zero attached hydrogens (tertiary/aromatic N) is 1. The first-order chi connectivity index (χ1) is 8.69. The van der Waals surface area contributed by atoms with Crippen molar-refractivity contribution in [1.29, 1.82) is 0 Å². The van der Waals surface area contributed by atoms with Crippen LogP contribution in [0.5, 0.6) is 0 Å². The summed E-state index contributed by atoms with van der Waals surface area (Å²) in [7, 11) is 2.07. The Morgan fingerprint density at radius 3 is 2.67 bits per heavy atom. The SMILES string of the molecule is CCOC(=O)CCCN(C)c1ccccc1CC. The summed E-state index contributed by atoms with van der Waals surface area (Å²) in [5.74, 6) is -0.102. The van der Waals surface area contributed by atoms with Crippen molar-refractivity contribution in [2.45, 2.75) is 33.1 Å². The second-order valence-corrected chi connectivity index (χ2v) is 4.31. The third-order valence-electron chi connectivity index (χ3n) is 2.96. The van der Waals surface area contributed by atoms with E-state index in [2.05, 4.69) is 43.1 Å². The van der Waals surface area contributed by atoms with E-state index in [-0.39, 0.29) is 5.97 Å². The van der Waals surface area contributed by atoms with Gasteiger partial charge in [-0.1, -0.05) is 25.1 Å². The Morgan fingerprint density at radius 2 is 2.00 bits per heavy atom. The van der Waals surface area contributed by atoms with Crippen LogP contribution in [-0.2, 0) is 16.0 Å². The van der Waals surface area contributed by atoms with E-state index < -0.39 is 0 Å². The largest absolute Gasteiger partial charge is 0.466 e. The van der Waals surface area contributed by atoms with Gasteiger partial charge in [-0.3, -0.25) is 4.79 Å². The standard InChI is InChI=1S/C15H23NO2/c1-4-13-9-6-7-10-14(13)16(3)12-8-11-15(17)18-5-2/h6-7,9-10H,4-5,8,11-12H2,1-3H3. The van der Waals surface area contributed by atoms with Crippen LogP contribution in [0.2, 0.25) is 0 Å². The van der Waals surface area contributed by atoms with E-state index >= 15 is 0 Å². The average Bonchev–Trinajstić information content (AvgIpc) is 2.38. The zero-order valence-corrected chi connectivity index (χ0v) is 11.6. The Hall–Kier alpha value is -1.51. The van der Waals surface area contributed by atoms with Gasteiger partial charge in [0, 0.05) is 25.7 Å². The number of hydrogen-bond donors (Lipinski definition) is 0. The first-order valence-electron chi connectivity index (χ1n) is 6.63. The van der Waals surface area contributed by atoms with Crippen LogP contribution in [0.4, 0.5) is 5.69 Å². The van der Waals surface area contributed by atoms with Gasteiger partial charge in [0.2, 0.25) is 0 Å². The highest BCUT2D eigenvalue weighted by atomic mass is 16.5. The molecule has 0 atom stereocenters. The number of esters is 1. The van der Waals surface area contributed by atoms with Gasteiger partial charge in [-0.05, 0) is 31.4 Å². The van der Waals surface area contributed by atoms with Gasteiger partial charge in [-0.15, -0.1) is 0 Å². The molecule has 0 aromatic heterocycles. The Kier molecular flexibility index (Phi) is 6.26. The molecule has 0 aliphatic carbocycles. The van der Waals surface area contributed by atoms with E-state index in [0.29, 0.717) is 13.0 Å². The topological polar surface area (TPSA) is 29.5 Å². The second kappa shape index (κ2) is 7.75. The number of aryl methyl sites for hydroxylation is 1. The second-order valence-electron chi connectivity index (χ2n) is 4.31. The summed E-state index contributed by atoms with van der Waals surface area (Å²) < 4.78 is 4.92. The summed E-state index contributed by atoms with van der Waals surface area (Å²) in [6.07, 6.45) is 2.35. The molecule has 0 heterocycles. The maximum absolute atomic E-state index is 11.2. The fraction of sp³-hybridized carbons (Fsp3) is 0.533. The number of hydrogen-bond acceptors (Lipinski definition) is 3. The molecule has 0 N–H and O–H groups in total. The molecule has 0 saturated carbocycles. The van der Waals surface area contributed by atoms with Crippen LogP contribution in [0.1, 0.15) is 32.3 Å². The molecule has 0 amide bonds. The molecule has 0 saturated heterocycles. The fourth-order valence-corrected chi connectivity index (χ4v) is 2.00. The third-order valence-corrected chi connectivity index (χ3v) is 2.96. The van der Waals surface area contributed by atoms with Crippen LogP contribution in [0.15, 0.2) is 24.3 Å². The molecule has 1 rings (SSSR count). The Morgan fingerprint density at radius 1 is 1.28 bits per heavy atom. The van der Waals surface area contributed by atoms with E-state index in [1.807, 2.05) is 6.92 Å². The summed E-state index contributed by atoms with van der Waals surface area (Å²) in [4.78, 5) is 13.4. The molecule has 1 aromatic rings. The zero-order chi connectivity index (χ0) is 13.4. The quantitative estimate of drug-likeness (QED) is 0.696. The maximum atomic E-state index is 11.2. The Balaban J connectivity index is 2.45. The van der Waals surface area contributed by atoms with E-state index in [4.69, 9.17) is 4.74 Å². The lowest BCUT2D eigenvalue weighted by molar-refractivity contribution is -0.143. The average molecular weight is 249 g/mol. The molecule has 18 heavy (non-hydrogen) atoms. The molecule has 3 heteroatoms. The number of carbonyl (C=O) groups is 1. The molecule has 0 unspecified atom stereocenters. The van der Waals surface area contributed by atoms with Crippen molar-refractivity contribution in [2.75, 3.05) is 25.1 Å². The highest BCUT2D eigenvalue weighted by Gasteiger charge is 2.07. The highest BCUT2D eigenvalue weighted by Crippen LogP contribution is 2.19. The molecular formula is C15H23NO2. The predicted octanol–water partition coefficient (Wildman–Crippen LogP) is 3.03. The van der Waals surface area contributed by atoms with Crippen molar-refractivity contribution in [1.82, 2.24) is 0 Å². The van der Waals surface area contributed by atoms with Crippen molar-refractivity contribution >= 4 is 11.7 Å². The van der Waals surface area contributed by atoms with E-state index in [1.165, 1.54) is 11.3 Å². The maximum Gasteiger partial charge on any atom is 0.305 e. The molecule has 100 valence electrons. The third kappa shape index (κ3) is 4.40. The van der Waals surface area contributed by atoms with Crippen LogP contribution >= 0.6 is 0 Å². The molecular weight excluding hydrogens is 226 g/mol. The monoisotopic (exact) mass is 249 g/mol. The van der Waals surface area contributed by atoms with Crippen LogP contribution in [0, 0.1) is 0 Å². The smallest absolute Gasteiger partial charge is 0.305 e. The zero-order valence-electron chi connectivity index (χ0n) is 11.6. The molecule has 0 aliphatic heterocycles. The lowest BCUT2D eigenvalue weighted by Gasteiger charge is -2.21. The first kappa shape index (κ1) is 14.6. The van der Waals surface area contributed by atoms with Gasteiger partial charge >= 0.3 is 5.97 Å².